The third kappa shape index (κ3) is 5.92. The monoisotopic (exact) mass is 356 g/mol. The number of hydrogen-bond donors (Lipinski definition) is 4. The Kier molecular flexibility index (Phi) is 8.59. The Morgan fingerprint density at radius 2 is 1.25 bits per heavy atom. The molecule has 12 heteroatoms. The molecule has 0 spiro atoms. The molecule has 0 heterocycles. The predicted octanol–water partition coefficient (Wildman–Crippen LogP) is 0.434. The second-order valence-corrected chi connectivity index (χ2v) is 6.76. The first-order valence-corrected chi connectivity index (χ1v) is 8.81. The van der Waals surface area contributed by atoms with Crippen molar-refractivity contribution in [1.82, 2.24) is 0 Å². The average molecular weight is 356 g/mol. The van der Waals surface area contributed by atoms with Crippen molar-refractivity contribution in [2.24, 2.45) is 11.5 Å². The van der Waals surface area contributed by atoms with Crippen molar-refractivity contribution in [1.29, 1.82) is 0 Å². The molecular weight excluding hydrogens is 346 g/mol. The summed E-state index contributed by atoms with van der Waals surface area (Å²) in [5.74, 6) is -3.23. The van der Waals surface area contributed by atoms with E-state index in [0.717, 1.165) is 21.6 Å². The van der Waals surface area contributed by atoms with Gasteiger partial charge in [-0.15, -0.1) is 0 Å². The van der Waals surface area contributed by atoms with Crippen LogP contribution in [0.5, 0.6) is 0 Å². The van der Waals surface area contributed by atoms with E-state index in [1.165, 1.54) is 0 Å². The molecule has 0 aliphatic heterocycles. The molecule has 20 heavy (non-hydrogen) atoms. The van der Waals surface area contributed by atoms with Gasteiger partial charge in [0, 0.05) is 0 Å². The molecule has 0 amide bonds. The zero-order valence-electron chi connectivity index (χ0n) is 9.81. The van der Waals surface area contributed by atoms with Gasteiger partial charge in [-0.1, -0.05) is 0 Å². The van der Waals surface area contributed by atoms with Crippen molar-refractivity contribution in [2.45, 2.75) is 11.1 Å². The van der Waals surface area contributed by atoms with E-state index in [-0.39, 0.29) is 11.5 Å². The molecule has 0 aliphatic rings. The maximum absolute atomic E-state index is 10.9. The van der Waals surface area contributed by atoms with Crippen LogP contribution < -0.4 is 11.5 Å². The van der Waals surface area contributed by atoms with Gasteiger partial charge in [0.2, 0.25) is 0 Å². The first-order chi connectivity index (χ1) is 9.22. The summed E-state index contributed by atoms with van der Waals surface area (Å²) in [4.78, 5) is 21.8. The van der Waals surface area contributed by atoms with Crippen LogP contribution in [0.15, 0.2) is 0 Å². The van der Waals surface area contributed by atoms with Crippen LogP contribution >= 0.6 is 37.4 Å². The van der Waals surface area contributed by atoms with Crippen LogP contribution in [-0.4, -0.2) is 44.7 Å². The second kappa shape index (κ2) is 8.78. The Bertz CT molecular complexity index is 550. The standard InChI is InChI=1S/C8H10N2O6P2S2/c9-7(1-17-15,5(11)12)3-19-20-4-8(10,2-18-16)6(13)14/h3-4,9-10H2,(H,11,12)(H,13,14)/t7-,8-/m0/s1. The molecule has 0 aromatic carbocycles. The van der Waals surface area contributed by atoms with Gasteiger partial charge in [0.25, 0.3) is 0 Å². The van der Waals surface area contributed by atoms with Gasteiger partial charge in [-0.25, -0.2) is 0 Å². The van der Waals surface area contributed by atoms with E-state index in [2.05, 4.69) is 11.3 Å². The summed E-state index contributed by atoms with van der Waals surface area (Å²) in [6, 6.07) is 0. The molecule has 0 aromatic rings. The van der Waals surface area contributed by atoms with Gasteiger partial charge in [0.1, 0.15) is 0 Å². The summed E-state index contributed by atoms with van der Waals surface area (Å²) in [6.45, 7) is 0. The zero-order valence-corrected chi connectivity index (χ0v) is 13.2. The van der Waals surface area contributed by atoms with Crippen LogP contribution in [0.1, 0.15) is 0 Å². The van der Waals surface area contributed by atoms with Crippen molar-refractivity contribution >= 4 is 49.4 Å². The third-order valence-electron chi connectivity index (χ3n) is 1.91. The first-order valence-electron chi connectivity index (χ1n) is 4.70. The summed E-state index contributed by atoms with van der Waals surface area (Å²) in [6.07, 6.45) is 0. The molecule has 110 valence electrons. The Balaban J connectivity index is 4.64. The van der Waals surface area contributed by atoms with Gasteiger partial charge in [-0.2, -0.15) is 0 Å². The van der Waals surface area contributed by atoms with E-state index < -0.39 is 38.8 Å². The SMILES string of the molecule is N[C@@](C#P=O)(CSSC[C@@](N)(C#P=O)C(=O)O)C(=O)O. The van der Waals surface area contributed by atoms with Crippen molar-refractivity contribution < 1.29 is 28.9 Å². The van der Waals surface area contributed by atoms with Crippen LogP contribution in [-0.2, 0) is 18.7 Å². The van der Waals surface area contributed by atoms with Gasteiger partial charge < -0.3 is 0 Å². The molecule has 0 bridgehead atoms. The van der Waals surface area contributed by atoms with Gasteiger partial charge in [0.05, 0.1) is 0 Å². The number of hydrogen-bond acceptors (Lipinski definition) is 8. The molecule has 0 aromatic heterocycles. The number of nitrogens with two attached hydrogens (primary N) is 2. The molecule has 0 fully saturated rings. The molecule has 8 nitrogen and oxygen atoms in total. The van der Waals surface area contributed by atoms with Gasteiger partial charge in [-0.3, -0.25) is 0 Å². The summed E-state index contributed by atoms with van der Waals surface area (Å²) in [5, 5.41) is 17.7. The number of rotatable bonds is 7. The van der Waals surface area contributed by atoms with Crippen LogP contribution in [0.25, 0.3) is 0 Å². The molecular formula is C8H10N2O6P2S2. The minimum atomic E-state index is -1.92. The van der Waals surface area contributed by atoms with Gasteiger partial charge in [0.15, 0.2) is 0 Å². The second-order valence-electron chi connectivity index (χ2n) is 3.48. The Hall–Kier alpha value is -0.420. The number of aliphatic carboxylic acids is 2. The fourth-order valence-corrected chi connectivity index (χ4v) is 4.15. The summed E-state index contributed by atoms with van der Waals surface area (Å²) < 4.78 is 20.7. The fourth-order valence-electron chi connectivity index (χ4n) is 0.716. The first kappa shape index (κ1) is 19.6. The zero-order chi connectivity index (χ0) is 15.8. The van der Waals surface area contributed by atoms with Crippen LogP contribution in [0.4, 0.5) is 0 Å². The summed E-state index contributed by atoms with van der Waals surface area (Å²) in [5.41, 5.74) is 11.2. The molecule has 2 atom stereocenters. The Morgan fingerprint density at radius 3 is 1.45 bits per heavy atom. The number of carboxylic acid groups (broad SMARTS) is 2. The Labute approximate surface area is 124 Å². The van der Waals surface area contributed by atoms with Crippen LogP contribution in [0.2, 0.25) is 0 Å². The molecule has 0 rings (SSSR count). The summed E-state index contributed by atoms with van der Waals surface area (Å²) >= 11 is 0. The minimum absolute atomic E-state index is 0.201. The molecule has 0 unspecified atom stereocenters. The maximum atomic E-state index is 10.9. The van der Waals surface area contributed by atoms with E-state index in [1.54, 1.807) is 0 Å². The molecule has 0 radical (unpaired) electrons. The van der Waals surface area contributed by atoms with Crippen molar-refractivity contribution in [3.63, 3.8) is 0 Å². The van der Waals surface area contributed by atoms with Gasteiger partial charge in [-0.05, 0) is 0 Å². The van der Waals surface area contributed by atoms with Crippen molar-refractivity contribution in [3.05, 3.63) is 0 Å². The number of carbonyl (C=O) groups is 2. The molecule has 0 saturated heterocycles. The molecule has 6 N–H and O–H groups in total. The quantitative estimate of drug-likeness (QED) is 0.286. The number of carboxylic acids is 2. The van der Waals surface area contributed by atoms with Crippen LogP contribution in [0, 0.1) is 11.3 Å². The van der Waals surface area contributed by atoms with Crippen LogP contribution in [0.3, 0.4) is 0 Å². The average Bonchev–Trinajstić information content (AvgIpc) is 2.35. The Morgan fingerprint density at radius 1 is 0.950 bits per heavy atom. The van der Waals surface area contributed by atoms with E-state index in [1.807, 2.05) is 0 Å². The van der Waals surface area contributed by atoms with E-state index in [4.69, 9.17) is 21.7 Å². The van der Waals surface area contributed by atoms with Crippen molar-refractivity contribution in [2.75, 3.05) is 11.5 Å². The fraction of sp³-hybridized carbons (Fsp3) is 0.500. The van der Waals surface area contributed by atoms with E-state index >= 15 is 0 Å². The van der Waals surface area contributed by atoms with E-state index in [9.17, 15) is 18.7 Å². The third-order valence-corrected chi connectivity index (χ3v) is 5.41. The topological polar surface area (TPSA) is 161 Å². The van der Waals surface area contributed by atoms with Gasteiger partial charge >= 0.3 is 124 Å². The molecule has 0 saturated carbocycles. The summed E-state index contributed by atoms with van der Waals surface area (Å²) in [7, 11) is 0.539. The predicted molar refractivity (Wildman–Crippen MR) is 77.0 cm³/mol. The molecule has 0 aliphatic carbocycles. The van der Waals surface area contributed by atoms with Crippen molar-refractivity contribution in [3.8, 4) is 11.3 Å². The van der Waals surface area contributed by atoms with E-state index in [0.29, 0.717) is 0 Å². The normalized spacial score (nSPS) is 15.9.